The van der Waals surface area contributed by atoms with Gasteiger partial charge >= 0.3 is 12.0 Å². The highest BCUT2D eigenvalue weighted by Crippen LogP contribution is 2.30. The molecule has 0 spiro atoms. The van der Waals surface area contributed by atoms with E-state index < -0.39 is 12.1 Å². The van der Waals surface area contributed by atoms with Crippen molar-refractivity contribution >= 4 is 46.9 Å². The molecule has 0 bridgehead atoms. The second kappa shape index (κ2) is 7.14. The van der Waals surface area contributed by atoms with Gasteiger partial charge < -0.3 is 4.42 Å². The number of amides is 3. The molecule has 3 aliphatic rings. The standard InChI is InChI=1S/C20H18Cl2N5O3/c1-24-17-16(26-8-7-25(19(26)23-17)10-12-4-3-9-30-12)18(28)27(20(24)29)11-13-14(21)5-2-6-15(13)22/h2-6,9,16H,7-8,10-11H2,1H3/q+1. The number of carbonyl (C=O) groups excluding carboxylic acids is 2. The maximum absolute atomic E-state index is 13.4. The van der Waals surface area contributed by atoms with Crippen molar-refractivity contribution in [1.82, 2.24) is 14.7 Å². The molecule has 0 aliphatic carbocycles. The minimum absolute atomic E-state index is 0.00355. The predicted molar refractivity (Wildman–Crippen MR) is 111 cm³/mol. The van der Waals surface area contributed by atoms with Crippen molar-refractivity contribution < 1.29 is 18.6 Å². The van der Waals surface area contributed by atoms with Crippen molar-refractivity contribution in [2.45, 2.75) is 19.1 Å². The molecule has 5 rings (SSSR count). The summed E-state index contributed by atoms with van der Waals surface area (Å²) in [6, 6.07) is 7.73. The van der Waals surface area contributed by atoms with Crippen molar-refractivity contribution in [3.8, 4) is 0 Å². The van der Waals surface area contributed by atoms with Crippen LogP contribution in [0, 0.1) is 0 Å². The Bertz CT molecular complexity index is 1090. The van der Waals surface area contributed by atoms with Crippen LogP contribution < -0.4 is 0 Å². The third-order valence-electron chi connectivity index (χ3n) is 5.59. The Morgan fingerprint density at radius 1 is 1.20 bits per heavy atom. The SMILES string of the molecule is CN1C(=O)N(Cc2c(Cl)cccc2Cl)C(=O)C2C1=NC1=[N+](Cc3ccco3)CCN12. The molecule has 2 aromatic rings. The van der Waals surface area contributed by atoms with Crippen LogP contribution in [0.1, 0.15) is 11.3 Å². The number of furan rings is 1. The first kappa shape index (κ1) is 19.1. The molecule has 1 atom stereocenters. The second-order valence-corrected chi connectivity index (χ2v) is 8.15. The molecule has 1 aromatic heterocycles. The Morgan fingerprint density at radius 3 is 2.67 bits per heavy atom. The Kier molecular flexibility index (Phi) is 4.56. The van der Waals surface area contributed by atoms with Crippen LogP contribution in [0.15, 0.2) is 46.0 Å². The summed E-state index contributed by atoms with van der Waals surface area (Å²) >= 11 is 12.5. The minimum atomic E-state index is -0.648. The summed E-state index contributed by atoms with van der Waals surface area (Å²) < 4.78 is 7.49. The number of amidine groups is 1. The summed E-state index contributed by atoms with van der Waals surface area (Å²) in [4.78, 5) is 35.5. The van der Waals surface area contributed by atoms with E-state index in [1.165, 1.54) is 9.80 Å². The molecule has 1 unspecified atom stereocenters. The van der Waals surface area contributed by atoms with Crippen molar-refractivity contribution in [3.05, 3.63) is 58.0 Å². The third kappa shape index (κ3) is 2.90. The highest BCUT2D eigenvalue weighted by atomic mass is 35.5. The fourth-order valence-corrected chi connectivity index (χ4v) is 4.56. The lowest BCUT2D eigenvalue weighted by molar-refractivity contribution is -0.537. The molecular weight excluding hydrogens is 429 g/mol. The molecule has 10 heteroatoms. The molecule has 30 heavy (non-hydrogen) atoms. The summed E-state index contributed by atoms with van der Waals surface area (Å²) in [5.41, 5.74) is 0.541. The lowest BCUT2D eigenvalue weighted by Crippen LogP contribution is -2.63. The number of urea groups is 1. The fourth-order valence-electron chi connectivity index (χ4n) is 4.04. The molecule has 3 aliphatic heterocycles. The number of aliphatic imine (C=N–C) groups is 1. The van der Waals surface area contributed by atoms with Crippen LogP contribution in [0.5, 0.6) is 0 Å². The number of guanidine groups is 1. The smallest absolute Gasteiger partial charge is 0.393 e. The molecule has 0 N–H and O–H groups in total. The number of carbonyl (C=O) groups is 2. The number of halogens is 2. The zero-order valence-corrected chi connectivity index (χ0v) is 17.6. The fraction of sp³-hybridized carbons (Fsp3) is 0.300. The minimum Gasteiger partial charge on any atom is -0.466 e. The summed E-state index contributed by atoms with van der Waals surface area (Å²) in [5.74, 6) is 1.59. The molecule has 0 radical (unpaired) electrons. The van der Waals surface area contributed by atoms with Gasteiger partial charge in [-0.25, -0.2) is 9.69 Å². The Hall–Kier alpha value is -2.84. The van der Waals surface area contributed by atoms with Gasteiger partial charge in [-0.1, -0.05) is 34.3 Å². The summed E-state index contributed by atoms with van der Waals surface area (Å²) in [7, 11) is 1.63. The van der Waals surface area contributed by atoms with Crippen molar-refractivity contribution in [2.24, 2.45) is 4.99 Å². The van der Waals surface area contributed by atoms with E-state index in [0.29, 0.717) is 47.0 Å². The van der Waals surface area contributed by atoms with Gasteiger partial charge in [0.25, 0.3) is 5.91 Å². The van der Waals surface area contributed by atoms with E-state index in [0.717, 1.165) is 5.76 Å². The lowest BCUT2D eigenvalue weighted by atomic mass is 10.1. The van der Waals surface area contributed by atoms with E-state index in [-0.39, 0.29) is 12.5 Å². The quantitative estimate of drug-likeness (QED) is 0.676. The lowest BCUT2D eigenvalue weighted by Gasteiger charge is -2.34. The maximum atomic E-state index is 13.4. The van der Waals surface area contributed by atoms with Crippen LogP contribution in [0.4, 0.5) is 4.79 Å². The topological polar surface area (TPSA) is 72.4 Å². The van der Waals surface area contributed by atoms with E-state index >= 15 is 0 Å². The van der Waals surface area contributed by atoms with Gasteiger partial charge in [-0.15, -0.1) is 0 Å². The van der Waals surface area contributed by atoms with Gasteiger partial charge in [0.15, 0.2) is 0 Å². The van der Waals surface area contributed by atoms with Gasteiger partial charge in [-0.3, -0.25) is 19.2 Å². The largest absolute Gasteiger partial charge is 0.466 e. The first-order valence-electron chi connectivity index (χ1n) is 9.47. The monoisotopic (exact) mass is 446 g/mol. The first-order chi connectivity index (χ1) is 14.5. The van der Waals surface area contributed by atoms with Crippen molar-refractivity contribution in [2.75, 3.05) is 20.1 Å². The van der Waals surface area contributed by atoms with Gasteiger partial charge in [0.05, 0.1) is 25.9 Å². The Labute approximate surface area is 182 Å². The van der Waals surface area contributed by atoms with Crippen LogP contribution >= 0.6 is 23.2 Å². The number of nitrogens with zero attached hydrogens (tertiary/aromatic N) is 5. The Balaban J connectivity index is 1.47. The van der Waals surface area contributed by atoms with Gasteiger partial charge in [0.2, 0.25) is 11.9 Å². The second-order valence-electron chi connectivity index (χ2n) is 7.33. The van der Waals surface area contributed by atoms with Crippen LogP contribution in [0.3, 0.4) is 0 Å². The first-order valence-corrected chi connectivity index (χ1v) is 10.2. The molecule has 1 aromatic carbocycles. The molecule has 154 valence electrons. The summed E-state index contributed by atoms with van der Waals surface area (Å²) in [5, 5.41) is 0.823. The van der Waals surface area contributed by atoms with Crippen LogP contribution in [-0.2, 0) is 17.9 Å². The van der Waals surface area contributed by atoms with E-state index in [4.69, 9.17) is 27.6 Å². The summed E-state index contributed by atoms with van der Waals surface area (Å²) in [6.07, 6.45) is 1.63. The van der Waals surface area contributed by atoms with Gasteiger partial charge in [0, 0.05) is 22.7 Å². The van der Waals surface area contributed by atoms with E-state index in [1.54, 1.807) is 31.5 Å². The molecular formula is C20H18Cl2N5O3+. The average Bonchev–Trinajstić information content (AvgIpc) is 3.44. The molecule has 1 saturated heterocycles. The van der Waals surface area contributed by atoms with Gasteiger partial charge in [0.1, 0.15) is 12.3 Å². The predicted octanol–water partition coefficient (Wildman–Crippen LogP) is 2.65. The zero-order chi connectivity index (χ0) is 21.0. The van der Waals surface area contributed by atoms with E-state index in [9.17, 15) is 9.59 Å². The normalized spacial score (nSPS) is 20.8. The zero-order valence-electron chi connectivity index (χ0n) is 16.1. The molecule has 8 nitrogen and oxygen atoms in total. The van der Waals surface area contributed by atoms with E-state index in [2.05, 4.69) is 4.99 Å². The number of hydrogen-bond donors (Lipinski definition) is 0. The van der Waals surface area contributed by atoms with Crippen LogP contribution in [0.25, 0.3) is 0 Å². The number of hydrogen-bond acceptors (Lipinski definition) is 5. The van der Waals surface area contributed by atoms with Crippen molar-refractivity contribution in [1.29, 1.82) is 0 Å². The highest BCUT2D eigenvalue weighted by Gasteiger charge is 2.57. The van der Waals surface area contributed by atoms with Crippen LogP contribution in [0.2, 0.25) is 10.0 Å². The molecule has 3 amide bonds. The highest BCUT2D eigenvalue weighted by molar-refractivity contribution is 6.36. The Morgan fingerprint density at radius 2 is 1.97 bits per heavy atom. The number of imide groups is 1. The van der Waals surface area contributed by atoms with Gasteiger partial charge in [-0.2, -0.15) is 0 Å². The third-order valence-corrected chi connectivity index (χ3v) is 6.30. The van der Waals surface area contributed by atoms with Gasteiger partial charge in [-0.05, 0) is 24.3 Å². The number of benzene rings is 1. The number of fused-ring (bicyclic) bond motifs is 3. The molecule has 1 fully saturated rings. The number of likely N-dealkylation sites (N-methyl/N-ethyl adjacent to an activating group) is 1. The van der Waals surface area contributed by atoms with Crippen LogP contribution in [-0.4, -0.2) is 69.2 Å². The molecule has 4 heterocycles. The molecule has 0 saturated carbocycles. The summed E-state index contributed by atoms with van der Waals surface area (Å²) in [6.45, 7) is 1.89. The van der Waals surface area contributed by atoms with Crippen molar-refractivity contribution in [3.63, 3.8) is 0 Å². The maximum Gasteiger partial charge on any atom is 0.393 e. The number of rotatable bonds is 4. The van der Waals surface area contributed by atoms with E-state index in [1.807, 2.05) is 21.6 Å². The average molecular weight is 447 g/mol.